The molecule has 8 heteroatoms. The normalized spacial score (nSPS) is 17.3. The summed E-state index contributed by atoms with van der Waals surface area (Å²) in [7, 11) is -3.59. The van der Waals surface area contributed by atoms with E-state index in [1.807, 2.05) is 0 Å². The molecule has 0 radical (unpaired) electrons. The van der Waals surface area contributed by atoms with Crippen molar-refractivity contribution in [2.24, 2.45) is 0 Å². The van der Waals surface area contributed by atoms with Crippen LogP contribution in [0.1, 0.15) is 50.0 Å². The third-order valence-corrected chi connectivity index (χ3v) is 6.60. The van der Waals surface area contributed by atoms with Crippen molar-refractivity contribution in [3.8, 4) is 0 Å². The number of aryl methyl sites for hydroxylation is 1. The fraction of sp³-hybridized carbons (Fsp3) is 0.529. The zero-order chi connectivity index (χ0) is 18.2. The largest absolute Gasteiger partial charge is 0.314 e. The average Bonchev–Trinajstić information content (AvgIpc) is 3.07. The van der Waals surface area contributed by atoms with E-state index in [1.54, 1.807) is 13.3 Å². The van der Waals surface area contributed by atoms with Gasteiger partial charge in [0.05, 0.1) is 4.90 Å². The Hall–Kier alpha value is -1.80. The zero-order valence-electron chi connectivity index (χ0n) is 14.7. The van der Waals surface area contributed by atoms with Gasteiger partial charge >= 0.3 is 0 Å². The molecular formula is C17H23FN4O2S. The molecule has 1 fully saturated rings. The SMILES string of the molecule is Cc1cc(S(=O)(=O)N2CCC(n3cnnc3C(C)C)CC2)ccc1F. The lowest BCUT2D eigenvalue weighted by molar-refractivity contribution is 0.268. The van der Waals surface area contributed by atoms with E-state index < -0.39 is 15.8 Å². The minimum Gasteiger partial charge on any atom is -0.314 e. The van der Waals surface area contributed by atoms with E-state index in [1.165, 1.54) is 22.5 Å². The van der Waals surface area contributed by atoms with Crippen LogP contribution in [0, 0.1) is 12.7 Å². The standard InChI is InChI=1S/C17H23FN4O2S/c1-12(2)17-20-19-11-22(17)14-6-8-21(9-7-14)25(23,24)15-4-5-16(18)13(3)10-15/h4-5,10-12,14H,6-9H2,1-3H3. The van der Waals surface area contributed by atoms with Crippen LogP contribution in [-0.4, -0.2) is 40.6 Å². The molecule has 0 atom stereocenters. The van der Waals surface area contributed by atoms with Gasteiger partial charge in [-0.05, 0) is 43.5 Å². The van der Waals surface area contributed by atoms with Crippen molar-refractivity contribution < 1.29 is 12.8 Å². The Morgan fingerprint density at radius 1 is 1.24 bits per heavy atom. The first-order chi connectivity index (χ1) is 11.8. The van der Waals surface area contributed by atoms with E-state index in [4.69, 9.17) is 0 Å². The van der Waals surface area contributed by atoms with Crippen molar-refractivity contribution in [3.05, 3.63) is 41.7 Å². The Morgan fingerprint density at radius 3 is 2.52 bits per heavy atom. The first-order valence-electron chi connectivity index (χ1n) is 8.46. The molecule has 0 saturated carbocycles. The molecule has 1 saturated heterocycles. The molecule has 2 heterocycles. The number of rotatable bonds is 4. The second-order valence-electron chi connectivity index (χ2n) is 6.80. The highest BCUT2D eigenvalue weighted by Crippen LogP contribution is 2.29. The molecule has 0 unspecified atom stereocenters. The summed E-state index contributed by atoms with van der Waals surface area (Å²) in [6, 6.07) is 4.14. The number of hydrogen-bond acceptors (Lipinski definition) is 4. The predicted molar refractivity (Wildman–Crippen MR) is 92.3 cm³/mol. The lowest BCUT2D eigenvalue weighted by atomic mass is 10.1. The van der Waals surface area contributed by atoms with Gasteiger partial charge in [-0.15, -0.1) is 10.2 Å². The number of aromatic nitrogens is 3. The van der Waals surface area contributed by atoms with Gasteiger partial charge < -0.3 is 4.57 Å². The van der Waals surface area contributed by atoms with E-state index in [2.05, 4.69) is 28.6 Å². The number of piperidine rings is 1. The summed E-state index contributed by atoms with van der Waals surface area (Å²) in [4.78, 5) is 0.150. The Morgan fingerprint density at radius 2 is 1.92 bits per heavy atom. The lowest BCUT2D eigenvalue weighted by Gasteiger charge is -2.32. The van der Waals surface area contributed by atoms with Crippen LogP contribution in [0.3, 0.4) is 0 Å². The van der Waals surface area contributed by atoms with Crippen molar-refractivity contribution in [2.75, 3.05) is 13.1 Å². The maximum absolute atomic E-state index is 13.4. The minimum absolute atomic E-state index is 0.150. The highest BCUT2D eigenvalue weighted by Gasteiger charge is 2.31. The molecule has 0 amide bonds. The maximum atomic E-state index is 13.4. The van der Waals surface area contributed by atoms with Crippen LogP contribution in [-0.2, 0) is 10.0 Å². The van der Waals surface area contributed by atoms with Crippen molar-refractivity contribution in [1.29, 1.82) is 0 Å². The highest BCUT2D eigenvalue weighted by atomic mass is 32.2. The van der Waals surface area contributed by atoms with Crippen LogP contribution in [0.4, 0.5) is 4.39 Å². The zero-order valence-corrected chi connectivity index (χ0v) is 15.5. The Balaban J connectivity index is 1.75. The predicted octanol–water partition coefficient (Wildman–Crippen LogP) is 2.87. The molecule has 1 aromatic heterocycles. The summed E-state index contributed by atoms with van der Waals surface area (Å²) in [5.41, 5.74) is 0.335. The van der Waals surface area contributed by atoms with Crippen LogP contribution in [0.2, 0.25) is 0 Å². The highest BCUT2D eigenvalue weighted by molar-refractivity contribution is 7.89. The molecule has 136 valence electrons. The molecule has 1 aliphatic heterocycles. The quantitative estimate of drug-likeness (QED) is 0.834. The van der Waals surface area contributed by atoms with Gasteiger partial charge in [0.2, 0.25) is 10.0 Å². The maximum Gasteiger partial charge on any atom is 0.243 e. The average molecular weight is 366 g/mol. The second kappa shape index (κ2) is 6.84. The molecule has 25 heavy (non-hydrogen) atoms. The summed E-state index contributed by atoms with van der Waals surface area (Å²) >= 11 is 0. The van der Waals surface area contributed by atoms with E-state index in [-0.39, 0.29) is 16.9 Å². The van der Waals surface area contributed by atoms with Gasteiger partial charge in [-0.2, -0.15) is 4.31 Å². The smallest absolute Gasteiger partial charge is 0.243 e. The van der Waals surface area contributed by atoms with Gasteiger partial charge in [-0.3, -0.25) is 0 Å². The molecule has 0 spiro atoms. The van der Waals surface area contributed by atoms with Crippen LogP contribution in [0.25, 0.3) is 0 Å². The lowest BCUT2D eigenvalue weighted by Crippen LogP contribution is -2.39. The van der Waals surface area contributed by atoms with Gasteiger partial charge in [0.1, 0.15) is 18.0 Å². The van der Waals surface area contributed by atoms with Crippen LogP contribution < -0.4 is 0 Å². The molecule has 3 rings (SSSR count). The molecule has 0 bridgehead atoms. The fourth-order valence-electron chi connectivity index (χ4n) is 3.23. The summed E-state index contributed by atoms with van der Waals surface area (Å²) < 4.78 is 42.5. The summed E-state index contributed by atoms with van der Waals surface area (Å²) in [6.45, 7) is 6.56. The second-order valence-corrected chi connectivity index (χ2v) is 8.74. The fourth-order valence-corrected chi connectivity index (χ4v) is 4.79. The number of hydrogen-bond donors (Lipinski definition) is 0. The van der Waals surface area contributed by atoms with Crippen LogP contribution in [0.15, 0.2) is 29.4 Å². The topological polar surface area (TPSA) is 68.1 Å². The van der Waals surface area contributed by atoms with E-state index in [0.717, 1.165) is 5.82 Å². The third-order valence-electron chi connectivity index (χ3n) is 4.70. The van der Waals surface area contributed by atoms with Crippen molar-refractivity contribution in [1.82, 2.24) is 19.1 Å². The molecule has 0 N–H and O–H groups in total. The molecule has 2 aromatic rings. The van der Waals surface area contributed by atoms with Crippen molar-refractivity contribution in [2.45, 2.75) is 50.5 Å². The first-order valence-corrected chi connectivity index (χ1v) is 9.90. The third kappa shape index (κ3) is 3.46. The Bertz CT molecular complexity index is 855. The van der Waals surface area contributed by atoms with Gasteiger partial charge in [-0.1, -0.05) is 13.8 Å². The minimum atomic E-state index is -3.59. The monoisotopic (exact) mass is 366 g/mol. The molecule has 1 aromatic carbocycles. The van der Waals surface area contributed by atoms with E-state index >= 15 is 0 Å². The van der Waals surface area contributed by atoms with E-state index in [9.17, 15) is 12.8 Å². The van der Waals surface area contributed by atoms with Crippen LogP contribution in [0.5, 0.6) is 0 Å². The Kier molecular flexibility index (Phi) is 4.92. The summed E-state index contributed by atoms with van der Waals surface area (Å²) in [5.74, 6) is 0.799. The number of benzene rings is 1. The summed E-state index contributed by atoms with van der Waals surface area (Å²) in [6.07, 6.45) is 3.14. The molecule has 6 nitrogen and oxygen atoms in total. The summed E-state index contributed by atoms with van der Waals surface area (Å²) in [5, 5.41) is 8.17. The van der Waals surface area contributed by atoms with Gasteiger partial charge in [0.15, 0.2) is 0 Å². The van der Waals surface area contributed by atoms with Gasteiger partial charge in [0, 0.05) is 25.0 Å². The Labute approximate surface area is 147 Å². The van der Waals surface area contributed by atoms with Crippen molar-refractivity contribution >= 4 is 10.0 Å². The van der Waals surface area contributed by atoms with Crippen LogP contribution >= 0.6 is 0 Å². The molecular weight excluding hydrogens is 343 g/mol. The van der Waals surface area contributed by atoms with Gasteiger partial charge in [0.25, 0.3) is 0 Å². The van der Waals surface area contributed by atoms with Crippen molar-refractivity contribution in [3.63, 3.8) is 0 Å². The van der Waals surface area contributed by atoms with E-state index in [0.29, 0.717) is 31.5 Å². The van der Waals surface area contributed by atoms with Gasteiger partial charge in [-0.25, -0.2) is 12.8 Å². The number of halogens is 1. The number of nitrogens with zero attached hydrogens (tertiary/aromatic N) is 4. The molecule has 1 aliphatic rings. The molecule has 0 aliphatic carbocycles. The number of sulfonamides is 1. The first kappa shape index (κ1) is 18.0.